The van der Waals surface area contributed by atoms with Gasteiger partial charge in [0.25, 0.3) is 5.91 Å². The molecule has 1 aromatic heterocycles. The number of fused-ring (bicyclic) bond motifs is 1. The highest BCUT2D eigenvalue weighted by molar-refractivity contribution is 7.14. The maximum absolute atomic E-state index is 13.4. The number of aromatic nitrogens is 1. The normalized spacial score (nSPS) is 10.8. The number of carbonyl (C=O) groups excluding carboxylic acids is 1. The molecule has 28 heavy (non-hydrogen) atoms. The van der Waals surface area contributed by atoms with Crippen LogP contribution in [0.3, 0.4) is 0 Å². The molecule has 0 saturated carbocycles. The lowest BCUT2D eigenvalue weighted by molar-refractivity contribution is -0.118. The third-order valence-corrected chi connectivity index (χ3v) is 4.81. The summed E-state index contributed by atoms with van der Waals surface area (Å²) in [4.78, 5) is 16.3. The molecule has 7 heteroatoms. The molecule has 4 aromatic rings. The van der Waals surface area contributed by atoms with Crippen molar-refractivity contribution in [2.75, 3.05) is 11.9 Å². The summed E-state index contributed by atoms with van der Waals surface area (Å²) in [5.74, 6) is -1.63. The monoisotopic (exact) mass is 396 g/mol. The number of rotatable bonds is 5. The Bertz CT molecular complexity index is 1160. The van der Waals surface area contributed by atoms with Gasteiger partial charge < -0.3 is 4.74 Å². The van der Waals surface area contributed by atoms with Crippen LogP contribution in [0.1, 0.15) is 0 Å². The molecule has 0 aliphatic carbocycles. The van der Waals surface area contributed by atoms with Gasteiger partial charge in [-0.25, -0.2) is 13.8 Å². The van der Waals surface area contributed by atoms with E-state index in [1.54, 1.807) is 11.4 Å². The molecule has 0 aliphatic heterocycles. The Morgan fingerprint density at radius 2 is 1.82 bits per heavy atom. The molecular weight excluding hydrogens is 382 g/mol. The molecule has 0 radical (unpaired) electrons. The number of hydrogen-bond acceptors (Lipinski definition) is 4. The Kier molecular flexibility index (Phi) is 4.99. The third kappa shape index (κ3) is 3.99. The van der Waals surface area contributed by atoms with Crippen molar-refractivity contribution < 1.29 is 18.3 Å². The van der Waals surface area contributed by atoms with Crippen molar-refractivity contribution in [1.29, 1.82) is 0 Å². The van der Waals surface area contributed by atoms with Crippen LogP contribution in [0.25, 0.3) is 22.0 Å². The first-order valence-corrected chi connectivity index (χ1v) is 9.29. The zero-order valence-electron chi connectivity index (χ0n) is 14.5. The average molecular weight is 396 g/mol. The topological polar surface area (TPSA) is 51.2 Å². The van der Waals surface area contributed by atoms with E-state index in [4.69, 9.17) is 4.74 Å². The van der Waals surface area contributed by atoms with Crippen molar-refractivity contribution in [3.8, 4) is 17.0 Å². The van der Waals surface area contributed by atoms with Crippen LogP contribution in [-0.4, -0.2) is 17.5 Å². The quantitative estimate of drug-likeness (QED) is 0.501. The molecule has 140 valence electrons. The van der Waals surface area contributed by atoms with Crippen LogP contribution in [0.4, 0.5) is 13.9 Å². The minimum absolute atomic E-state index is 0.168. The molecule has 0 spiro atoms. The summed E-state index contributed by atoms with van der Waals surface area (Å²) in [7, 11) is 0. The molecule has 0 atom stereocenters. The lowest BCUT2D eigenvalue weighted by Crippen LogP contribution is -2.20. The molecule has 1 amide bonds. The van der Waals surface area contributed by atoms with E-state index in [1.165, 1.54) is 17.4 Å². The Balaban J connectivity index is 1.38. The summed E-state index contributed by atoms with van der Waals surface area (Å²) >= 11 is 1.19. The first-order valence-electron chi connectivity index (χ1n) is 8.41. The second kappa shape index (κ2) is 7.74. The van der Waals surface area contributed by atoms with Crippen LogP contribution in [0.5, 0.6) is 5.75 Å². The van der Waals surface area contributed by atoms with E-state index < -0.39 is 11.6 Å². The van der Waals surface area contributed by atoms with E-state index in [0.29, 0.717) is 22.1 Å². The maximum Gasteiger partial charge on any atom is 0.264 e. The summed E-state index contributed by atoms with van der Waals surface area (Å²) < 4.78 is 31.9. The van der Waals surface area contributed by atoms with Gasteiger partial charge in [-0.15, -0.1) is 11.3 Å². The van der Waals surface area contributed by atoms with Crippen LogP contribution < -0.4 is 10.1 Å². The van der Waals surface area contributed by atoms with Gasteiger partial charge in [-0.05, 0) is 41.1 Å². The van der Waals surface area contributed by atoms with E-state index in [-0.39, 0.29) is 12.5 Å². The number of anilines is 1. The largest absolute Gasteiger partial charge is 0.484 e. The number of halogens is 2. The highest BCUT2D eigenvalue weighted by Gasteiger charge is 2.11. The van der Waals surface area contributed by atoms with Crippen molar-refractivity contribution in [1.82, 2.24) is 4.98 Å². The fourth-order valence-corrected chi connectivity index (χ4v) is 3.42. The van der Waals surface area contributed by atoms with Gasteiger partial charge >= 0.3 is 0 Å². The van der Waals surface area contributed by atoms with Crippen LogP contribution in [-0.2, 0) is 4.79 Å². The first kappa shape index (κ1) is 18.1. The lowest BCUT2D eigenvalue weighted by Gasteiger charge is -2.07. The van der Waals surface area contributed by atoms with E-state index >= 15 is 0 Å². The SMILES string of the molecule is O=C(COc1ccc2ccccc2c1)Nc1nc(-c2ccc(F)c(F)c2)cs1. The third-order valence-electron chi connectivity index (χ3n) is 4.06. The van der Waals surface area contributed by atoms with Gasteiger partial charge in [0.05, 0.1) is 5.69 Å². The predicted octanol–water partition coefficient (Wildman–Crippen LogP) is 5.26. The van der Waals surface area contributed by atoms with Crippen LogP contribution in [0.2, 0.25) is 0 Å². The van der Waals surface area contributed by atoms with Crippen molar-refractivity contribution >= 4 is 33.1 Å². The standard InChI is InChI=1S/C21H14F2N2O2S/c22-17-8-6-15(10-18(17)23)19-12-28-21(24-19)25-20(26)11-27-16-7-5-13-3-1-2-4-14(13)9-16/h1-10,12H,11H2,(H,24,25,26). The van der Waals surface area contributed by atoms with Gasteiger partial charge in [0.15, 0.2) is 23.4 Å². The molecule has 1 N–H and O–H groups in total. The van der Waals surface area contributed by atoms with Crippen LogP contribution >= 0.6 is 11.3 Å². The number of benzene rings is 3. The fourth-order valence-electron chi connectivity index (χ4n) is 2.68. The summed E-state index contributed by atoms with van der Waals surface area (Å²) in [6, 6.07) is 17.0. The van der Waals surface area contributed by atoms with Gasteiger partial charge in [0.2, 0.25) is 0 Å². The van der Waals surface area contributed by atoms with Crippen LogP contribution in [0.15, 0.2) is 66.0 Å². The first-order chi connectivity index (χ1) is 13.6. The number of nitrogens with one attached hydrogen (secondary N) is 1. The predicted molar refractivity (Wildman–Crippen MR) is 106 cm³/mol. The van der Waals surface area contributed by atoms with Crippen LogP contribution in [0, 0.1) is 11.6 Å². The van der Waals surface area contributed by atoms with Crippen molar-refractivity contribution in [3.05, 3.63) is 77.7 Å². The zero-order valence-corrected chi connectivity index (χ0v) is 15.3. The van der Waals surface area contributed by atoms with Crippen molar-refractivity contribution in [2.24, 2.45) is 0 Å². The molecule has 0 bridgehead atoms. The Hall–Kier alpha value is -3.32. The number of thiazole rings is 1. The number of ether oxygens (including phenoxy) is 1. The van der Waals surface area contributed by atoms with E-state index in [1.807, 2.05) is 36.4 Å². The van der Waals surface area contributed by atoms with E-state index in [0.717, 1.165) is 22.9 Å². The molecule has 0 fully saturated rings. The molecule has 0 aliphatic rings. The molecule has 4 rings (SSSR count). The van der Waals surface area contributed by atoms with Gasteiger partial charge in [-0.3, -0.25) is 10.1 Å². The zero-order chi connectivity index (χ0) is 19.5. The summed E-state index contributed by atoms with van der Waals surface area (Å²) in [6.07, 6.45) is 0. The summed E-state index contributed by atoms with van der Waals surface area (Å²) in [5, 5.41) is 6.77. The summed E-state index contributed by atoms with van der Waals surface area (Å²) in [5.41, 5.74) is 0.887. The van der Waals surface area contributed by atoms with E-state index in [2.05, 4.69) is 10.3 Å². The molecule has 1 heterocycles. The van der Waals surface area contributed by atoms with Crippen molar-refractivity contribution in [2.45, 2.75) is 0 Å². The highest BCUT2D eigenvalue weighted by atomic mass is 32.1. The molecule has 3 aromatic carbocycles. The molecule has 0 saturated heterocycles. The van der Waals surface area contributed by atoms with E-state index in [9.17, 15) is 13.6 Å². The van der Waals surface area contributed by atoms with Gasteiger partial charge in [-0.2, -0.15) is 0 Å². The second-order valence-electron chi connectivity index (χ2n) is 6.01. The Morgan fingerprint density at radius 3 is 2.64 bits per heavy atom. The molecule has 0 unspecified atom stereocenters. The molecular formula is C21H14F2N2O2S. The number of hydrogen-bond donors (Lipinski definition) is 1. The molecule has 4 nitrogen and oxygen atoms in total. The van der Waals surface area contributed by atoms with Gasteiger partial charge in [0, 0.05) is 10.9 Å². The number of amides is 1. The van der Waals surface area contributed by atoms with Crippen molar-refractivity contribution in [3.63, 3.8) is 0 Å². The average Bonchev–Trinajstić information content (AvgIpc) is 3.16. The summed E-state index contributed by atoms with van der Waals surface area (Å²) in [6.45, 7) is -0.168. The maximum atomic E-state index is 13.4. The minimum atomic E-state index is -0.945. The second-order valence-corrected chi connectivity index (χ2v) is 6.87. The Morgan fingerprint density at radius 1 is 1.00 bits per heavy atom. The highest BCUT2D eigenvalue weighted by Crippen LogP contribution is 2.26. The number of nitrogens with zero attached hydrogens (tertiary/aromatic N) is 1. The lowest BCUT2D eigenvalue weighted by atomic mass is 10.1. The smallest absolute Gasteiger partial charge is 0.264 e. The van der Waals surface area contributed by atoms with Gasteiger partial charge in [-0.1, -0.05) is 30.3 Å². The van der Waals surface area contributed by atoms with Gasteiger partial charge in [0.1, 0.15) is 5.75 Å². The fraction of sp³-hybridized carbons (Fsp3) is 0.0476. The Labute approximate surface area is 163 Å². The number of carbonyl (C=O) groups is 1. The minimum Gasteiger partial charge on any atom is -0.484 e.